The van der Waals surface area contributed by atoms with E-state index >= 15 is 0 Å². The van der Waals surface area contributed by atoms with Gasteiger partial charge in [-0.3, -0.25) is 4.79 Å². The average molecular weight is 328 g/mol. The van der Waals surface area contributed by atoms with E-state index in [1.54, 1.807) is 12.5 Å². The zero-order valence-corrected chi connectivity index (χ0v) is 14.5. The molecule has 4 heteroatoms. The fraction of sp³-hybridized carbons (Fsp3) is 0.600. The Morgan fingerprint density at radius 2 is 2.08 bits per heavy atom. The van der Waals surface area contributed by atoms with Gasteiger partial charge in [0.1, 0.15) is 0 Å². The van der Waals surface area contributed by atoms with Crippen LogP contribution < -0.4 is 0 Å². The fourth-order valence-electron chi connectivity index (χ4n) is 5.48. The predicted octanol–water partition coefficient (Wildman–Crippen LogP) is 3.71. The van der Waals surface area contributed by atoms with E-state index in [1.807, 2.05) is 19.1 Å². The van der Waals surface area contributed by atoms with Crippen molar-refractivity contribution in [1.29, 1.82) is 0 Å². The first-order chi connectivity index (χ1) is 11.4. The number of rotatable bonds is 3. The molecule has 0 N–H and O–H groups in total. The predicted molar refractivity (Wildman–Crippen MR) is 88.1 cm³/mol. The SMILES string of the molecule is CC1C(=O)C2OC(=O)C3=CCCC(C1(C)CCc1ccoc1)C32C. The molecule has 5 atom stereocenters. The Labute approximate surface area is 142 Å². The number of carbonyl (C=O) groups is 2. The second-order valence-corrected chi connectivity index (χ2v) is 8.08. The molecule has 1 aliphatic heterocycles. The van der Waals surface area contributed by atoms with Crippen LogP contribution in [0.1, 0.15) is 45.6 Å². The van der Waals surface area contributed by atoms with E-state index in [0.29, 0.717) is 0 Å². The molecule has 2 heterocycles. The third-order valence-corrected chi connectivity index (χ3v) is 7.10. The van der Waals surface area contributed by atoms with Gasteiger partial charge in [0.2, 0.25) is 0 Å². The number of Topliss-reactive ketones (excluding diaryl/α,β-unsaturated/α-hetero) is 1. The van der Waals surface area contributed by atoms with Gasteiger partial charge in [-0.05, 0) is 48.6 Å². The summed E-state index contributed by atoms with van der Waals surface area (Å²) in [6.45, 7) is 6.31. The molecule has 0 bridgehead atoms. The highest BCUT2D eigenvalue weighted by molar-refractivity contribution is 6.01. The van der Waals surface area contributed by atoms with Crippen molar-refractivity contribution < 1.29 is 18.7 Å². The molecule has 3 aliphatic rings. The Bertz CT molecular complexity index is 716. The Balaban J connectivity index is 1.74. The first kappa shape index (κ1) is 15.7. The number of hydrogen-bond acceptors (Lipinski definition) is 4. The highest BCUT2D eigenvalue weighted by Gasteiger charge is 2.67. The summed E-state index contributed by atoms with van der Waals surface area (Å²) in [4.78, 5) is 25.4. The summed E-state index contributed by atoms with van der Waals surface area (Å²) in [6, 6.07) is 1.98. The third-order valence-electron chi connectivity index (χ3n) is 7.10. The van der Waals surface area contributed by atoms with Crippen molar-refractivity contribution in [3.8, 4) is 0 Å². The lowest BCUT2D eigenvalue weighted by atomic mass is 9.46. The summed E-state index contributed by atoms with van der Waals surface area (Å²) in [5, 5.41) is 0. The van der Waals surface area contributed by atoms with Crippen LogP contribution in [0.5, 0.6) is 0 Å². The molecule has 1 aromatic heterocycles. The summed E-state index contributed by atoms with van der Waals surface area (Å²) >= 11 is 0. The van der Waals surface area contributed by atoms with Gasteiger partial charge < -0.3 is 9.15 Å². The van der Waals surface area contributed by atoms with Crippen molar-refractivity contribution in [2.75, 3.05) is 0 Å². The van der Waals surface area contributed by atoms with E-state index < -0.39 is 11.5 Å². The lowest BCUT2D eigenvalue weighted by Crippen LogP contribution is -2.59. The minimum Gasteiger partial charge on any atom is -0.472 e. The molecule has 0 amide bonds. The summed E-state index contributed by atoms with van der Waals surface area (Å²) in [5.41, 5.74) is 1.28. The smallest absolute Gasteiger partial charge is 0.335 e. The van der Waals surface area contributed by atoms with Gasteiger partial charge in [-0.1, -0.05) is 26.8 Å². The van der Waals surface area contributed by atoms with Crippen LogP contribution in [0.3, 0.4) is 0 Å². The van der Waals surface area contributed by atoms with E-state index in [9.17, 15) is 9.59 Å². The molecule has 4 rings (SSSR count). The van der Waals surface area contributed by atoms with Crippen molar-refractivity contribution in [3.63, 3.8) is 0 Å². The van der Waals surface area contributed by atoms with Crippen molar-refractivity contribution in [2.24, 2.45) is 22.7 Å². The van der Waals surface area contributed by atoms with Crippen LogP contribution in [0, 0.1) is 22.7 Å². The monoisotopic (exact) mass is 328 g/mol. The Hall–Kier alpha value is -1.84. The average Bonchev–Trinajstić information content (AvgIpc) is 3.16. The molecule has 24 heavy (non-hydrogen) atoms. The molecule has 2 aliphatic carbocycles. The van der Waals surface area contributed by atoms with E-state index in [0.717, 1.165) is 36.8 Å². The van der Waals surface area contributed by atoms with Crippen LogP contribution in [-0.4, -0.2) is 17.9 Å². The highest BCUT2D eigenvalue weighted by Crippen LogP contribution is 2.63. The van der Waals surface area contributed by atoms with Crippen molar-refractivity contribution >= 4 is 11.8 Å². The van der Waals surface area contributed by atoms with Crippen LogP contribution in [0.2, 0.25) is 0 Å². The molecule has 0 aromatic carbocycles. The fourth-order valence-corrected chi connectivity index (χ4v) is 5.48. The standard InChI is InChI=1S/C20H24O4/c1-12-16(21)17-20(3)14(18(22)24-17)5-4-6-15(20)19(12,2)9-7-13-8-10-23-11-13/h5,8,10-12,15,17H,4,6-7,9H2,1-3H3. The van der Waals surface area contributed by atoms with E-state index in [-0.39, 0.29) is 29.0 Å². The Morgan fingerprint density at radius 3 is 2.79 bits per heavy atom. The minimum atomic E-state index is -0.599. The molecule has 5 unspecified atom stereocenters. The lowest BCUT2D eigenvalue weighted by molar-refractivity contribution is -0.166. The molecule has 1 saturated carbocycles. The first-order valence-electron chi connectivity index (χ1n) is 8.85. The second-order valence-electron chi connectivity index (χ2n) is 8.08. The molecule has 4 nitrogen and oxygen atoms in total. The van der Waals surface area contributed by atoms with Crippen LogP contribution in [-0.2, 0) is 20.7 Å². The quantitative estimate of drug-likeness (QED) is 0.794. The van der Waals surface area contributed by atoms with Crippen LogP contribution >= 0.6 is 0 Å². The van der Waals surface area contributed by atoms with Crippen molar-refractivity contribution in [3.05, 3.63) is 35.8 Å². The maximum atomic E-state index is 13.0. The van der Waals surface area contributed by atoms with Gasteiger partial charge in [-0.2, -0.15) is 0 Å². The maximum Gasteiger partial charge on any atom is 0.335 e. The molecule has 1 aromatic rings. The van der Waals surface area contributed by atoms with E-state index in [1.165, 1.54) is 0 Å². The first-order valence-corrected chi connectivity index (χ1v) is 8.85. The topological polar surface area (TPSA) is 56.5 Å². The number of esters is 1. The number of furan rings is 1. The number of carbonyl (C=O) groups excluding carboxylic acids is 2. The molecule has 1 saturated heterocycles. The van der Waals surface area contributed by atoms with E-state index in [4.69, 9.17) is 9.15 Å². The molecule has 128 valence electrons. The number of aryl methyl sites for hydroxylation is 1. The molecule has 0 radical (unpaired) electrons. The summed E-state index contributed by atoms with van der Waals surface area (Å²) in [5.74, 6) is -0.0345. The zero-order chi connectivity index (χ0) is 17.1. The van der Waals surface area contributed by atoms with Crippen LogP contribution in [0.4, 0.5) is 0 Å². The van der Waals surface area contributed by atoms with Gasteiger partial charge in [0.15, 0.2) is 11.9 Å². The largest absolute Gasteiger partial charge is 0.472 e. The van der Waals surface area contributed by atoms with E-state index in [2.05, 4.69) is 13.8 Å². The Kier molecular flexibility index (Phi) is 3.32. The normalized spacial score (nSPS) is 41.0. The summed E-state index contributed by atoms with van der Waals surface area (Å²) in [6.07, 6.45) is 8.56. The number of ketones is 1. The summed E-state index contributed by atoms with van der Waals surface area (Å²) < 4.78 is 10.7. The number of ether oxygens (including phenoxy) is 1. The summed E-state index contributed by atoms with van der Waals surface area (Å²) in [7, 11) is 0. The molecule has 2 fully saturated rings. The van der Waals surface area contributed by atoms with Gasteiger partial charge in [0, 0.05) is 16.9 Å². The number of hydrogen-bond donors (Lipinski definition) is 0. The van der Waals surface area contributed by atoms with Crippen molar-refractivity contribution in [2.45, 2.75) is 52.6 Å². The number of allylic oxidation sites excluding steroid dienone is 1. The van der Waals surface area contributed by atoms with Crippen LogP contribution in [0.25, 0.3) is 0 Å². The van der Waals surface area contributed by atoms with Gasteiger partial charge >= 0.3 is 5.97 Å². The van der Waals surface area contributed by atoms with Crippen molar-refractivity contribution in [1.82, 2.24) is 0 Å². The van der Waals surface area contributed by atoms with Gasteiger partial charge in [0.25, 0.3) is 0 Å². The highest BCUT2D eigenvalue weighted by atomic mass is 16.6. The molecule has 0 spiro atoms. The lowest BCUT2D eigenvalue weighted by Gasteiger charge is -2.56. The molecular weight excluding hydrogens is 304 g/mol. The Morgan fingerprint density at radius 1 is 1.29 bits per heavy atom. The zero-order valence-electron chi connectivity index (χ0n) is 14.5. The van der Waals surface area contributed by atoms with Gasteiger partial charge in [-0.15, -0.1) is 0 Å². The van der Waals surface area contributed by atoms with Gasteiger partial charge in [-0.25, -0.2) is 4.79 Å². The van der Waals surface area contributed by atoms with Gasteiger partial charge in [0.05, 0.1) is 12.5 Å². The second kappa shape index (κ2) is 5.08. The van der Waals surface area contributed by atoms with Crippen LogP contribution in [0.15, 0.2) is 34.7 Å². The maximum absolute atomic E-state index is 13.0. The minimum absolute atomic E-state index is 0.0853. The molecular formula is C20H24O4. The third kappa shape index (κ3) is 1.86.